The fourth-order valence-electron chi connectivity index (χ4n) is 2.08. The molecule has 0 aliphatic carbocycles. The summed E-state index contributed by atoms with van der Waals surface area (Å²) >= 11 is 5.75. The van der Waals surface area contributed by atoms with Gasteiger partial charge in [-0.15, -0.1) is 11.6 Å². The van der Waals surface area contributed by atoms with Gasteiger partial charge in [-0.1, -0.05) is 0 Å². The predicted octanol–water partition coefficient (Wildman–Crippen LogP) is 1.57. The Balaban J connectivity index is 2.21. The molecule has 19 heavy (non-hydrogen) atoms. The van der Waals surface area contributed by atoms with Crippen LogP contribution >= 0.6 is 11.6 Å². The number of rotatable bonds is 2. The lowest BCUT2D eigenvalue weighted by Crippen LogP contribution is -2.51. The van der Waals surface area contributed by atoms with Gasteiger partial charge >= 0.3 is 0 Å². The molecule has 104 valence electrons. The van der Waals surface area contributed by atoms with Crippen LogP contribution in [-0.4, -0.2) is 52.2 Å². The molecule has 1 heterocycles. The van der Waals surface area contributed by atoms with E-state index in [9.17, 15) is 15.0 Å². The normalized spacial score (nSPS) is 23.4. The molecule has 1 saturated heterocycles. The molecule has 1 aliphatic heterocycles. The Kier molecular flexibility index (Phi) is 4.17. The van der Waals surface area contributed by atoms with Gasteiger partial charge in [0.25, 0.3) is 5.91 Å². The quantitative estimate of drug-likeness (QED) is 0.809. The fourth-order valence-corrected chi connectivity index (χ4v) is 2.26. The third-order valence-corrected chi connectivity index (χ3v) is 3.43. The van der Waals surface area contributed by atoms with Gasteiger partial charge in [0.2, 0.25) is 0 Å². The average molecular weight is 286 g/mol. The number of benzene rings is 1. The standard InChI is InChI=1S/C13H16ClNO4/c1-8-7-19-12(5-14)6-15(8)13(18)9-2-10(16)4-11(17)3-9/h2-4,8,12,16-17H,5-7H2,1H3. The number of aromatic hydroxyl groups is 2. The van der Waals surface area contributed by atoms with Crippen molar-refractivity contribution in [2.75, 3.05) is 19.0 Å². The van der Waals surface area contributed by atoms with E-state index in [1.165, 1.54) is 18.2 Å². The zero-order valence-corrected chi connectivity index (χ0v) is 11.3. The van der Waals surface area contributed by atoms with E-state index in [0.717, 1.165) is 0 Å². The summed E-state index contributed by atoms with van der Waals surface area (Å²) in [5.74, 6) is -0.213. The summed E-state index contributed by atoms with van der Waals surface area (Å²) in [7, 11) is 0. The summed E-state index contributed by atoms with van der Waals surface area (Å²) in [6.45, 7) is 2.71. The van der Waals surface area contributed by atoms with Crippen LogP contribution in [0.3, 0.4) is 0 Å². The molecule has 1 fully saturated rings. The second-order valence-electron chi connectivity index (χ2n) is 4.65. The molecule has 2 N–H and O–H groups in total. The number of hydrogen-bond donors (Lipinski definition) is 2. The van der Waals surface area contributed by atoms with Gasteiger partial charge in [0, 0.05) is 18.2 Å². The van der Waals surface area contributed by atoms with Gasteiger partial charge in [0.15, 0.2) is 0 Å². The Hall–Kier alpha value is -1.46. The van der Waals surface area contributed by atoms with Crippen molar-refractivity contribution < 1.29 is 19.7 Å². The molecule has 2 rings (SSSR count). The first-order chi connectivity index (χ1) is 9.01. The van der Waals surface area contributed by atoms with Gasteiger partial charge < -0.3 is 19.8 Å². The molecule has 2 unspecified atom stereocenters. The second-order valence-corrected chi connectivity index (χ2v) is 4.96. The molecule has 1 aromatic carbocycles. The van der Waals surface area contributed by atoms with E-state index in [2.05, 4.69) is 0 Å². The number of ether oxygens (including phenoxy) is 1. The lowest BCUT2D eigenvalue weighted by molar-refractivity contribution is -0.0371. The van der Waals surface area contributed by atoms with Crippen LogP contribution in [0.25, 0.3) is 0 Å². The highest BCUT2D eigenvalue weighted by Crippen LogP contribution is 2.23. The first kappa shape index (κ1) is 14.0. The molecule has 0 spiro atoms. The summed E-state index contributed by atoms with van der Waals surface area (Å²) < 4.78 is 5.48. The van der Waals surface area contributed by atoms with Crippen molar-refractivity contribution in [1.82, 2.24) is 4.90 Å². The summed E-state index contributed by atoms with van der Waals surface area (Å²) in [6, 6.07) is 3.78. The Morgan fingerprint density at radius 2 is 2.05 bits per heavy atom. The number of carbonyl (C=O) groups is 1. The number of morpholine rings is 1. The van der Waals surface area contributed by atoms with Crippen molar-refractivity contribution in [2.24, 2.45) is 0 Å². The smallest absolute Gasteiger partial charge is 0.254 e. The molecule has 0 bridgehead atoms. The van der Waals surface area contributed by atoms with Gasteiger partial charge in [-0.3, -0.25) is 4.79 Å². The number of alkyl halides is 1. The minimum atomic E-state index is -0.253. The van der Waals surface area contributed by atoms with Crippen LogP contribution in [0.4, 0.5) is 0 Å². The fraction of sp³-hybridized carbons (Fsp3) is 0.462. The Bertz CT molecular complexity index is 459. The molecule has 0 radical (unpaired) electrons. The van der Waals surface area contributed by atoms with Gasteiger partial charge in [0.05, 0.1) is 24.6 Å². The summed E-state index contributed by atoms with van der Waals surface area (Å²) in [6.07, 6.45) is -0.187. The number of halogens is 1. The highest BCUT2D eigenvalue weighted by Gasteiger charge is 2.30. The van der Waals surface area contributed by atoms with Crippen molar-refractivity contribution >= 4 is 17.5 Å². The topological polar surface area (TPSA) is 70.0 Å². The zero-order chi connectivity index (χ0) is 14.0. The number of carbonyl (C=O) groups excluding carboxylic acids is 1. The van der Waals surface area contributed by atoms with Crippen molar-refractivity contribution in [2.45, 2.75) is 19.1 Å². The number of phenolic OH excluding ortho intramolecular Hbond substituents is 2. The number of phenols is 2. The highest BCUT2D eigenvalue weighted by atomic mass is 35.5. The largest absolute Gasteiger partial charge is 0.508 e. The van der Waals surface area contributed by atoms with E-state index in [0.29, 0.717) is 19.0 Å². The van der Waals surface area contributed by atoms with Crippen molar-refractivity contribution in [3.05, 3.63) is 23.8 Å². The van der Waals surface area contributed by atoms with E-state index in [4.69, 9.17) is 16.3 Å². The van der Waals surface area contributed by atoms with Gasteiger partial charge in [-0.05, 0) is 19.1 Å². The maximum absolute atomic E-state index is 12.4. The number of nitrogens with zero attached hydrogens (tertiary/aromatic N) is 1. The van der Waals surface area contributed by atoms with Crippen molar-refractivity contribution in [3.63, 3.8) is 0 Å². The molecule has 1 aromatic rings. The maximum Gasteiger partial charge on any atom is 0.254 e. The van der Waals surface area contributed by atoms with Crippen LogP contribution in [0.5, 0.6) is 11.5 Å². The van der Waals surface area contributed by atoms with Crippen molar-refractivity contribution in [3.8, 4) is 11.5 Å². The van der Waals surface area contributed by atoms with Gasteiger partial charge in [0.1, 0.15) is 11.5 Å². The number of hydrogen-bond acceptors (Lipinski definition) is 4. The SMILES string of the molecule is CC1COC(CCl)CN1C(=O)c1cc(O)cc(O)c1. The Morgan fingerprint density at radius 1 is 1.42 bits per heavy atom. The highest BCUT2D eigenvalue weighted by molar-refractivity contribution is 6.18. The molecule has 5 nitrogen and oxygen atoms in total. The summed E-state index contributed by atoms with van der Waals surface area (Å²) in [5.41, 5.74) is 0.250. The Morgan fingerprint density at radius 3 is 2.63 bits per heavy atom. The lowest BCUT2D eigenvalue weighted by atomic mass is 10.1. The van der Waals surface area contributed by atoms with E-state index in [1.807, 2.05) is 6.92 Å². The van der Waals surface area contributed by atoms with Crippen LogP contribution in [0.1, 0.15) is 17.3 Å². The molecule has 1 amide bonds. The predicted molar refractivity (Wildman–Crippen MR) is 70.7 cm³/mol. The first-order valence-electron chi connectivity index (χ1n) is 6.03. The van der Waals surface area contributed by atoms with E-state index in [1.54, 1.807) is 4.90 Å². The van der Waals surface area contributed by atoms with E-state index < -0.39 is 0 Å². The summed E-state index contributed by atoms with van der Waals surface area (Å²) in [4.78, 5) is 14.0. The minimum absolute atomic E-state index is 0.0727. The van der Waals surface area contributed by atoms with Crippen LogP contribution in [-0.2, 0) is 4.74 Å². The molecule has 6 heteroatoms. The third-order valence-electron chi connectivity index (χ3n) is 3.09. The van der Waals surface area contributed by atoms with Crippen LogP contribution in [0.2, 0.25) is 0 Å². The Labute approximate surface area is 116 Å². The van der Waals surface area contributed by atoms with E-state index >= 15 is 0 Å². The first-order valence-corrected chi connectivity index (χ1v) is 6.56. The molecule has 0 saturated carbocycles. The van der Waals surface area contributed by atoms with Gasteiger partial charge in [-0.25, -0.2) is 0 Å². The maximum atomic E-state index is 12.4. The lowest BCUT2D eigenvalue weighted by Gasteiger charge is -2.37. The monoisotopic (exact) mass is 285 g/mol. The van der Waals surface area contributed by atoms with Crippen molar-refractivity contribution in [1.29, 1.82) is 0 Å². The molecule has 2 atom stereocenters. The molecule has 1 aliphatic rings. The summed E-state index contributed by atoms with van der Waals surface area (Å²) in [5, 5.41) is 18.9. The molecule has 0 aromatic heterocycles. The second kappa shape index (κ2) is 5.67. The minimum Gasteiger partial charge on any atom is -0.508 e. The third kappa shape index (κ3) is 3.11. The van der Waals surface area contributed by atoms with E-state index in [-0.39, 0.29) is 35.1 Å². The molecular weight excluding hydrogens is 270 g/mol. The number of amides is 1. The van der Waals surface area contributed by atoms with Gasteiger partial charge in [-0.2, -0.15) is 0 Å². The molecular formula is C13H16ClNO4. The van der Waals surface area contributed by atoms with Crippen LogP contribution in [0, 0.1) is 0 Å². The zero-order valence-electron chi connectivity index (χ0n) is 10.5. The van der Waals surface area contributed by atoms with Crippen LogP contribution < -0.4 is 0 Å². The van der Waals surface area contributed by atoms with Crippen LogP contribution in [0.15, 0.2) is 18.2 Å². The average Bonchev–Trinajstić information content (AvgIpc) is 2.37.